The number of hydrogen-bond acceptors (Lipinski definition) is 2. The maximum Gasteiger partial charge on any atom is 0.222 e. The van der Waals surface area contributed by atoms with Crippen molar-refractivity contribution in [2.45, 2.75) is 45.1 Å². The first-order valence-electron chi connectivity index (χ1n) is 7.76. The van der Waals surface area contributed by atoms with Gasteiger partial charge < -0.3 is 10.6 Å². The molecule has 1 fully saturated rings. The van der Waals surface area contributed by atoms with Crippen molar-refractivity contribution in [2.75, 3.05) is 13.1 Å². The third kappa shape index (κ3) is 3.83. The standard InChI is InChI=1S/C17H26N2O/c1-14-7-6-12-19(16(14)13-18)17(20)11-5-10-15-8-3-2-4-9-15/h2-4,8-9,14,16H,5-7,10-13,18H2,1H3/t14-,16+/m1/s1. The van der Waals surface area contributed by atoms with Gasteiger partial charge in [-0.15, -0.1) is 0 Å². The van der Waals surface area contributed by atoms with Crippen LogP contribution in [0.15, 0.2) is 30.3 Å². The maximum absolute atomic E-state index is 12.4. The molecule has 1 amide bonds. The zero-order valence-electron chi connectivity index (χ0n) is 12.4. The monoisotopic (exact) mass is 274 g/mol. The van der Waals surface area contributed by atoms with Crippen LogP contribution in [0.1, 0.15) is 38.2 Å². The Kier molecular flexibility index (Phi) is 5.60. The van der Waals surface area contributed by atoms with Crippen LogP contribution in [0.4, 0.5) is 0 Å². The first-order valence-corrected chi connectivity index (χ1v) is 7.76. The molecule has 1 aromatic carbocycles. The van der Waals surface area contributed by atoms with Gasteiger partial charge in [0, 0.05) is 25.6 Å². The minimum Gasteiger partial charge on any atom is -0.338 e. The molecule has 0 bridgehead atoms. The van der Waals surface area contributed by atoms with Gasteiger partial charge >= 0.3 is 0 Å². The van der Waals surface area contributed by atoms with Crippen molar-refractivity contribution >= 4 is 5.91 Å². The molecule has 0 aliphatic carbocycles. The Hall–Kier alpha value is -1.35. The highest BCUT2D eigenvalue weighted by Crippen LogP contribution is 2.23. The first-order chi connectivity index (χ1) is 9.72. The van der Waals surface area contributed by atoms with Crippen LogP contribution < -0.4 is 5.73 Å². The summed E-state index contributed by atoms with van der Waals surface area (Å²) in [6, 6.07) is 10.6. The predicted molar refractivity (Wildman–Crippen MR) is 82.3 cm³/mol. The number of aryl methyl sites for hydroxylation is 1. The molecule has 1 aromatic rings. The van der Waals surface area contributed by atoms with Crippen molar-refractivity contribution in [1.29, 1.82) is 0 Å². The lowest BCUT2D eigenvalue weighted by Crippen LogP contribution is -2.51. The van der Waals surface area contributed by atoms with Crippen molar-refractivity contribution in [3.05, 3.63) is 35.9 Å². The third-order valence-corrected chi connectivity index (χ3v) is 4.38. The van der Waals surface area contributed by atoms with Gasteiger partial charge in [0.25, 0.3) is 0 Å². The summed E-state index contributed by atoms with van der Waals surface area (Å²) in [6.07, 6.45) is 4.84. The first kappa shape index (κ1) is 15.0. The van der Waals surface area contributed by atoms with Gasteiger partial charge in [-0.05, 0) is 37.2 Å². The number of rotatable bonds is 5. The van der Waals surface area contributed by atoms with E-state index in [1.165, 1.54) is 12.0 Å². The molecule has 1 aliphatic rings. The maximum atomic E-state index is 12.4. The van der Waals surface area contributed by atoms with Crippen LogP contribution in [-0.4, -0.2) is 29.9 Å². The topological polar surface area (TPSA) is 46.3 Å². The summed E-state index contributed by atoms with van der Waals surface area (Å²) in [5.41, 5.74) is 7.16. The van der Waals surface area contributed by atoms with Gasteiger partial charge in [-0.2, -0.15) is 0 Å². The van der Waals surface area contributed by atoms with E-state index in [-0.39, 0.29) is 11.9 Å². The Bertz CT molecular complexity index is 418. The molecule has 1 saturated heterocycles. The number of nitrogens with zero attached hydrogens (tertiary/aromatic N) is 1. The number of likely N-dealkylation sites (tertiary alicyclic amines) is 1. The molecule has 0 unspecified atom stereocenters. The molecule has 20 heavy (non-hydrogen) atoms. The number of carbonyl (C=O) groups is 1. The highest BCUT2D eigenvalue weighted by atomic mass is 16.2. The fourth-order valence-corrected chi connectivity index (χ4v) is 3.15. The molecule has 2 N–H and O–H groups in total. The molecule has 0 spiro atoms. The average Bonchev–Trinajstić information content (AvgIpc) is 2.48. The number of benzene rings is 1. The van der Waals surface area contributed by atoms with E-state index in [4.69, 9.17) is 5.73 Å². The van der Waals surface area contributed by atoms with Gasteiger partial charge in [0.15, 0.2) is 0 Å². The van der Waals surface area contributed by atoms with E-state index in [1.807, 2.05) is 23.1 Å². The van der Waals surface area contributed by atoms with Crippen LogP contribution in [0, 0.1) is 5.92 Å². The lowest BCUT2D eigenvalue weighted by Gasteiger charge is -2.39. The Balaban J connectivity index is 1.82. The van der Waals surface area contributed by atoms with Gasteiger partial charge in [-0.25, -0.2) is 0 Å². The summed E-state index contributed by atoms with van der Waals surface area (Å²) in [5.74, 6) is 0.815. The van der Waals surface area contributed by atoms with Crippen LogP contribution in [-0.2, 0) is 11.2 Å². The summed E-state index contributed by atoms with van der Waals surface area (Å²) < 4.78 is 0. The largest absolute Gasteiger partial charge is 0.338 e. The second-order valence-corrected chi connectivity index (χ2v) is 5.85. The number of piperidine rings is 1. The van der Waals surface area contributed by atoms with Crippen molar-refractivity contribution in [3.63, 3.8) is 0 Å². The predicted octanol–water partition coefficient (Wildman–Crippen LogP) is 2.60. The van der Waals surface area contributed by atoms with E-state index in [0.29, 0.717) is 18.9 Å². The minimum absolute atomic E-state index is 0.243. The second kappa shape index (κ2) is 7.44. The normalized spacial score (nSPS) is 22.8. The molecular weight excluding hydrogens is 248 g/mol. The number of carbonyl (C=O) groups excluding carboxylic acids is 1. The van der Waals surface area contributed by atoms with Crippen LogP contribution in [0.3, 0.4) is 0 Å². The Labute approximate surface area is 122 Å². The highest BCUT2D eigenvalue weighted by molar-refractivity contribution is 5.76. The zero-order chi connectivity index (χ0) is 14.4. The van der Waals surface area contributed by atoms with Crippen LogP contribution >= 0.6 is 0 Å². The highest BCUT2D eigenvalue weighted by Gasteiger charge is 2.30. The van der Waals surface area contributed by atoms with Gasteiger partial charge in [-0.1, -0.05) is 37.3 Å². The molecule has 2 rings (SSSR count). The van der Waals surface area contributed by atoms with E-state index in [1.54, 1.807) is 0 Å². The van der Waals surface area contributed by atoms with Crippen LogP contribution in [0.2, 0.25) is 0 Å². The molecule has 0 aromatic heterocycles. The van der Waals surface area contributed by atoms with Gasteiger partial charge in [0.1, 0.15) is 0 Å². The van der Waals surface area contributed by atoms with E-state index in [2.05, 4.69) is 19.1 Å². The summed E-state index contributed by atoms with van der Waals surface area (Å²) >= 11 is 0. The Morgan fingerprint density at radius 2 is 2.10 bits per heavy atom. The van der Waals surface area contributed by atoms with E-state index >= 15 is 0 Å². The van der Waals surface area contributed by atoms with Crippen molar-refractivity contribution < 1.29 is 4.79 Å². The molecule has 3 nitrogen and oxygen atoms in total. The molecule has 2 atom stereocenters. The fourth-order valence-electron chi connectivity index (χ4n) is 3.15. The average molecular weight is 274 g/mol. The van der Waals surface area contributed by atoms with E-state index < -0.39 is 0 Å². The lowest BCUT2D eigenvalue weighted by molar-refractivity contribution is -0.136. The number of nitrogens with two attached hydrogens (primary N) is 1. The Morgan fingerprint density at radius 3 is 2.80 bits per heavy atom. The summed E-state index contributed by atoms with van der Waals surface area (Å²) in [6.45, 7) is 3.68. The van der Waals surface area contributed by atoms with Gasteiger partial charge in [0.05, 0.1) is 0 Å². The summed E-state index contributed by atoms with van der Waals surface area (Å²) in [4.78, 5) is 14.4. The van der Waals surface area contributed by atoms with E-state index in [0.717, 1.165) is 25.8 Å². The Morgan fingerprint density at radius 1 is 1.35 bits per heavy atom. The fraction of sp³-hybridized carbons (Fsp3) is 0.588. The summed E-state index contributed by atoms with van der Waals surface area (Å²) in [5, 5.41) is 0. The molecule has 3 heteroatoms. The lowest BCUT2D eigenvalue weighted by atomic mass is 9.90. The zero-order valence-corrected chi connectivity index (χ0v) is 12.4. The molecule has 0 radical (unpaired) electrons. The molecular formula is C17H26N2O. The number of amides is 1. The molecule has 1 heterocycles. The van der Waals surface area contributed by atoms with Crippen LogP contribution in [0.25, 0.3) is 0 Å². The quantitative estimate of drug-likeness (QED) is 0.897. The van der Waals surface area contributed by atoms with Crippen LogP contribution in [0.5, 0.6) is 0 Å². The van der Waals surface area contributed by atoms with E-state index in [9.17, 15) is 4.79 Å². The van der Waals surface area contributed by atoms with Crippen molar-refractivity contribution in [2.24, 2.45) is 11.7 Å². The van der Waals surface area contributed by atoms with Gasteiger partial charge in [0.2, 0.25) is 5.91 Å². The number of hydrogen-bond donors (Lipinski definition) is 1. The third-order valence-electron chi connectivity index (χ3n) is 4.38. The SMILES string of the molecule is C[C@@H]1CCCN(C(=O)CCCc2ccccc2)[C@H]1CN. The molecule has 1 aliphatic heterocycles. The molecule has 0 saturated carbocycles. The smallest absolute Gasteiger partial charge is 0.222 e. The summed E-state index contributed by atoms with van der Waals surface area (Å²) in [7, 11) is 0. The van der Waals surface area contributed by atoms with Crippen molar-refractivity contribution in [3.8, 4) is 0 Å². The van der Waals surface area contributed by atoms with Gasteiger partial charge in [-0.3, -0.25) is 4.79 Å². The second-order valence-electron chi connectivity index (χ2n) is 5.85. The minimum atomic E-state index is 0.243. The van der Waals surface area contributed by atoms with Crippen molar-refractivity contribution in [1.82, 2.24) is 4.90 Å². The molecule has 110 valence electrons.